The minimum absolute atomic E-state index is 0.855. The van der Waals surface area contributed by atoms with Gasteiger partial charge >= 0.3 is 0 Å². The van der Waals surface area contributed by atoms with E-state index in [9.17, 15) is 0 Å². The molecule has 0 bridgehead atoms. The minimum Gasteiger partial charge on any atom is -0.330 e. The van der Waals surface area contributed by atoms with Crippen LogP contribution in [0.25, 0.3) is 0 Å². The van der Waals surface area contributed by atoms with Gasteiger partial charge in [0.1, 0.15) is 0 Å². The first-order valence-corrected chi connectivity index (χ1v) is 9.50. The highest BCUT2D eigenvalue weighted by molar-refractivity contribution is 4.81. The Morgan fingerprint density at radius 1 is 0.905 bits per heavy atom. The average Bonchev–Trinajstić information content (AvgIpc) is 2.77. The number of unbranched alkanes of at least 4 members (excludes halogenated alkanes) is 2. The van der Waals surface area contributed by atoms with Crippen LogP contribution in [0.1, 0.15) is 64.7 Å². The highest BCUT2D eigenvalue weighted by Gasteiger charge is 2.26. The molecule has 1 saturated heterocycles. The fourth-order valence-electron chi connectivity index (χ4n) is 4.15. The van der Waals surface area contributed by atoms with Crippen LogP contribution in [0.3, 0.4) is 0 Å². The SMILES string of the molecule is CCC1CCC(N2CCCN(CCCCCN)CC2)CC1. The van der Waals surface area contributed by atoms with E-state index in [2.05, 4.69) is 16.7 Å². The monoisotopic (exact) mass is 295 g/mol. The Balaban J connectivity index is 1.66. The zero-order valence-corrected chi connectivity index (χ0v) is 14.2. The van der Waals surface area contributed by atoms with Crippen molar-refractivity contribution in [2.24, 2.45) is 11.7 Å². The second-order valence-electron chi connectivity index (χ2n) is 7.16. The van der Waals surface area contributed by atoms with Crippen LogP contribution in [-0.2, 0) is 0 Å². The van der Waals surface area contributed by atoms with Crippen molar-refractivity contribution in [2.45, 2.75) is 70.8 Å². The van der Waals surface area contributed by atoms with E-state index >= 15 is 0 Å². The molecule has 0 amide bonds. The van der Waals surface area contributed by atoms with Gasteiger partial charge in [-0.25, -0.2) is 0 Å². The van der Waals surface area contributed by atoms with Gasteiger partial charge in [0.15, 0.2) is 0 Å². The molecule has 2 rings (SSSR count). The third-order valence-corrected chi connectivity index (χ3v) is 5.71. The first kappa shape index (κ1) is 17.2. The zero-order valence-electron chi connectivity index (χ0n) is 14.2. The van der Waals surface area contributed by atoms with Crippen LogP contribution >= 0.6 is 0 Å². The molecular weight excluding hydrogens is 258 g/mol. The lowest BCUT2D eigenvalue weighted by atomic mass is 9.84. The molecule has 3 nitrogen and oxygen atoms in total. The average molecular weight is 296 g/mol. The second kappa shape index (κ2) is 9.81. The van der Waals surface area contributed by atoms with Gasteiger partial charge in [0.25, 0.3) is 0 Å². The maximum absolute atomic E-state index is 5.57. The lowest BCUT2D eigenvalue weighted by Gasteiger charge is -2.36. The standard InChI is InChI=1S/C18H37N3/c1-2-17-7-9-18(10-8-17)21-14-6-13-20(15-16-21)12-5-3-4-11-19/h17-18H,2-16,19H2,1H3. The molecule has 1 heterocycles. The lowest BCUT2D eigenvalue weighted by molar-refractivity contribution is 0.138. The number of nitrogens with zero attached hydrogens (tertiary/aromatic N) is 2. The highest BCUT2D eigenvalue weighted by Crippen LogP contribution is 2.29. The van der Waals surface area contributed by atoms with Gasteiger partial charge in [-0.2, -0.15) is 0 Å². The lowest BCUT2D eigenvalue weighted by Crippen LogP contribution is -2.40. The van der Waals surface area contributed by atoms with Crippen molar-refractivity contribution in [3.63, 3.8) is 0 Å². The minimum atomic E-state index is 0.855. The molecule has 2 fully saturated rings. The Hall–Kier alpha value is -0.120. The Kier molecular flexibility index (Phi) is 8.05. The molecule has 2 N–H and O–H groups in total. The predicted octanol–water partition coefficient (Wildman–Crippen LogP) is 3.09. The summed E-state index contributed by atoms with van der Waals surface area (Å²) < 4.78 is 0. The van der Waals surface area contributed by atoms with Crippen molar-refractivity contribution in [3.8, 4) is 0 Å². The Morgan fingerprint density at radius 2 is 1.71 bits per heavy atom. The van der Waals surface area contributed by atoms with Crippen LogP contribution in [0, 0.1) is 5.92 Å². The van der Waals surface area contributed by atoms with E-state index in [0.717, 1.165) is 18.5 Å². The summed E-state index contributed by atoms with van der Waals surface area (Å²) in [5.41, 5.74) is 5.57. The van der Waals surface area contributed by atoms with Crippen LogP contribution in [0.15, 0.2) is 0 Å². The van der Waals surface area contributed by atoms with E-state index in [4.69, 9.17) is 5.73 Å². The smallest absolute Gasteiger partial charge is 0.0112 e. The van der Waals surface area contributed by atoms with Gasteiger partial charge in [0, 0.05) is 19.1 Å². The maximum Gasteiger partial charge on any atom is 0.0112 e. The fraction of sp³-hybridized carbons (Fsp3) is 1.00. The molecule has 124 valence electrons. The van der Waals surface area contributed by atoms with Crippen LogP contribution in [0.5, 0.6) is 0 Å². The molecule has 0 atom stereocenters. The van der Waals surface area contributed by atoms with E-state index in [-0.39, 0.29) is 0 Å². The number of nitrogens with two attached hydrogens (primary N) is 1. The summed E-state index contributed by atoms with van der Waals surface area (Å²) >= 11 is 0. The first-order valence-electron chi connectivity index (χ1n) is 9.50. The third kappa shape index (κ3) is 5.88. The van der Waals surface area contributed by atoms with Gasteiger partial charge in [-0.3, -0.25) is 4.90 Å². The molecule has 3 heteroatoms. The van der Waals surface area contributed by atoms with Gasteiger partial charge in [0.05, 0.1) is 0 Å². The summed E-state index contributed by atoms with van der Waals surface area (Å²) in [6, 6.07) is 0.894. The van der Waals surface area contributed by atoms with E-state index in [1.54, 1.807) is 0 Å². The number of rotatable bonds is 7. The first-order chi connectivity index (χ1) is 10.3. The van der Waals surface area contributed by atoms with E-state index in [1.165, 1.54) is 90.5 Å². The molecule has 1 aliphatic carbocycles. The van der Waals surface area contributed by atoms with E-state index in [0.29, 0.717) is 0 Å². The van der Waals surface area contributed by atoms with Crippen molar-refractivity contribution in [3.05, 3.63) is 0 Å². The van der Waals surface area contributed by atoms with Gasteiger partial charge in [-0.1, -0.05) is 19.8 Å². The molecule has 21 heavy (non-hydrogen) atoms. The zero-order chi connectivity index (χ0) is 14.9. The van der Waals surface area contributed by atoms with E-state index in [1.807, 2.05) is 0 Å². The topological polar surface area (TPSA) is 32.5 Å². The summed E-state index contributed by atoms with van der Waals surface area (Å²) in [5, 5.41) is 0. The van der Waals surface area contributed by atoms with Crippen molar-refractivity contribution in [1.29, 1.82) is 0 Å². The summed E-state index contributed by atoms with van der Waals surface area (Å²) in [4.78, 5) is 5.50. The van der Waals surface area contributed by atoms with Gasteiger partial charge in [-0.05, 0) is 77.0 Å². The van der Waals surface area contributed by atoms with Crippen molar-refractivity contribution in [2.75, 3.05) is 39.3 Å². The quantitative estimate of drug-likeness (QED) is 0.733. The van der Waals surface area contributed by atoms with Crippen molar-refractivity contribution in [1.82, 2.24) is 9.80 Å². The normalized spacial score (nSPS) is 29.4. The Morgan fingerprint density at radius 3 is 2.43 bits per heavy atom. The highest BCUT2D eigenvalue weighted by atomic mass is 15.2. The molecule has 1 saturated carbocycles. The maximum atomic E-state index is 5.57. The molecule has 0 unspecified atom stereocenters. The van der Waals surface area contributed by atoms with Gasteiger partial charge in [0.2, 0.25) is 0 Å². The summed E-state index contributed by atoms with van der Waals surface area (Å²) in [6.45, 7) is 9.74. The molecule has 1 aliphatic heterocycles. The molecule has 0 aromatic carbocycles. The molecular formula is C18H37N3. The predicted molar refractivity (Wildman–Crippen MR) is 91.6 cm³/mol. The van der Waals surface area contributed by atoms with Gasteiger partial charge in [-0.15, -0.1) is 0 Å². The van der Waals surface area contributed by atoms with Crippen LogP contribution in [0.2, 0.25) is 0 Å². The van der Waals surface area contributed by atoms with Crippen molar-refractivity contribution < 1.29 is 0 Å². The molecule has 2 aliphatic rings. The molecule has 0 radical (unpaired) electrons. The largest absolute Gasteiger partial charge is 0.330 e. The Bertz CT molecular complexity index is 261. The van der Waals surface area contributed by atoms with Crippen LogP contribution in [-0.4, -0.2) is 55.1 Å². The summed E-state index contributed by atoms with van der Waals surface area (Å²) in [6.07, 6.45) is 12.4. The molecule has 0 spiro atoms. The Labute approximate surface area is 132 Å². The number of hydrogen-bond acceptors (Lipinski definition) is 3. The number of hydrogen-bond donors (Lipinski definition) is 1. The third-order valence-electron chi connectivity index (χ3n) is 5.71. The molecule has 0 aromatic heterocycles. The summed E-state index contributed by atoms with van der Waals surface area (Å²) in [5.74, 6) is 1.02. The van der Waals surface area contributed by atoms with Crippen LogP contribution in [0.4, 0.5) is 0 Å². The van der Waals surface area contributed by atoms with Crippen LogP contribution < -0.4 is 5.73 Å². The second-order valence-corrected chi connectivity index (χ2v) is 7.16. The summed E-state index contributed by atoms with van der Waals surface area (Å²) in [7, 11) is 0. The fourth-order valence-corrected chi connectivity index (χ4v) is 4.15. The van der Waals surface area contributed by atoms with Gasteiger partial charge < -0.3 is 10.6 Å². The van der Waals surface area contributed by atoms with E-state index < -0.39 is 0 Å². The molecule has 0 aromatic rings. The van der Waals surface area contributed by atoms with Crippen molar-refractivity contribution >= 4 is 0 Å².